The van der Waals surface area contributed by atoms with E-state index in [2.05, 4.69) is 5.32 Å². The van der Waals surface area contributed by atoms with Crippen LogP contribution in [-0.4, -0.2) is 41.7 Å². The molecule has 0 radical (unpaired) electrons. The largest absolute Gasteiger partial charge is 0.481 e. The number of aliphatic hydroxyl groups is 1. The molecule has 0 aliphatic carbocycles. The third-order valence-corrected chi connectivity index (χ3v) is 3.27. The molecule has 0 saturated carbocycles. The van der Waals surface area contributed by atoms with Gasteiger partial charge >= 0.3 is 5.97 Å². The average molecular weight is 279 g/mol. The van der Waals surface area contributed by atoms with Gasteiger partial charge in [-0.15, -0.1) is 0 Å². The summed E-state index contributed by atoms with van der Waals surface area (Å²) in [6.45, 7) is -0.111. The Balaban J connectivity index is 2.76. The van der Waals surface area contributed by atoms with Crippen LogP contribution in [0.5, 0.6) is 0 Å². The molecule has 1 rings (SSSR count). The minimum absolute atomic E-state index is 0.111. The van der Waals surface area contributed by atoms with Gasteiger partial charge in [-0.2, -0.15) is 0 Å². The molecule has 0 bridgehead atoms. The molecule has 1 aromatic carbocycles. The second-order valence-electron chi connectivity index (χ2n) is 4.69. The summed E-state index contributed by atoms with van der Waals surface area (Å²) in [5.74, 6) is -2.53. The number of rotatable bonds is 9. The number of carboxylic acids is 1. The first-order valence-electron chi connectivity index (χ1n) is 6.68. The van der Waals surface area contributed by atoms with Gasteiger partial charge in [0.2, 0.25) is 0 Å². The fraction of sp³-hybridized carbons (Fsp3) is 0.467. The van der Waals surface area contributed by atoms with Crippen LogP contribution in [-0.2, 0) is 16.0 Å². The van der Waals surface area contributed by atoms with Crippen molar-refractivity contribution in [3.8, 4) is 0 Å². The molecule has 1 aromatic rings. The number of aliphatic hydroxyl groups excluding tert-OH is 1. The van der Waals surface area contributed by atoms with Crippen LogP contribution in [0.4, 0.5) is 0 Å². The van der Waals surface area contributed by atoms with Crippen molar-refractivity contribution in [2.75, 3.05) is 13.7 Å². The molecule has 3 N–H and O–H groups in total. The number of hydrogen-bond acceptors (Lipinski definition) is 4. The second kappa shape index (κ2) is 8.45. The molecular formula is C15H21NO4. The van der Waals surface area contributed by atoms with Crippen molar-refractivity contribution in [3.63, 3.8) is 0 Å². The maximum atomic E-state index is 12.3. The van der Waals surface area contributed by atoms with E-state index in [4.69, 9.17) is 10.2 Å². The van der Waals surface area contributed by atoms with E-state index in [1.807, 2.05) is 30.3 Å². The minimum Gasteiger partial charge on any atom is -0.481 e. The fourth-order valence-electron chi connectivity index (χ4n) is 2.12. The topological polar surface area (TPSA) is 86.6 Å². The number of benzene rings is 1. The molecule has 0 aliphatic heterocycles. The number of Topliss-reactive ketones (excluding diaryl/α,β-unsaturated/α-hetero) is 1. The number of carboxylic acid groups (broad SMARTS) is 1. The summed E-state index contributed by atoms with van der Waals surface area (Å²) in [6, 6.07) is 8.93. The van der Waals surface area contributed by atoms with Crippen molar-refractivity contribution < 1.29 is 19.8 Å². The summed E-state index contributed by atoms with van der Waals surface area (Å²) < 4.78 is 0. The number of ketones is 1. The molecule has 0 aliphatic rings. The van der Waals surface area contributed by atoms with Crippen molar-refractivity contribution in [1.82, 2.24) is 5.32 Å². The van der Waals surface area contributed by atoms with Gasteiger partial charge in [0.15, 0.2) is 5.78 Å². The summed E-state index contributed by atoms with van der Waals surface area (Å²) >= 11 is 0. The zero-order valence-corrected chi connectivity index (χ0v) is 11.6. The molecule has 5 nitrogen and oxygen atoms in total. The lowest BCUT2D eigenvalue weighted by Crippen LogP contribution is -2.42. The van der Waals surface area contributed by atoms with E-state index in [1.165, 1.54) is 0 Å². The Morgan fingerprint density at radius 3 is 2.40 bits per heavy atom. The highest BCUT2D eigenvalue weighted by atomic mass is 16.4. The quantitative estimate of drug-likeness (QED) is 0.584. The first kappa shape index (κ1) is 16.3. The number of likely N-dealkylation sites (N-methyl/N-ethyl adjacent to an activating group) is 1. The van der Waals surface area contributed by atoms with E-state index in [0.29, 0.717) is 12.8 Å². The number of carbonyl (C=O) groups excluding carboxylic acids is 1. The van der Waals surface area contributed by atoms with Gasteiger partial charge in [0.25, 0.3) is 0 Å². The summed E-state index contributed by atoms with van der Waals surface area (Å²) in [5.41, 5.74) is 0.978. The normalized spacial score (nSPS) is 13.7. The molecule has 0 saturated heterocycles. The van der Waals surface area contributed by atoms with Gasteiger partial charge in [-0.25, -0.2) is 0 Å². The van der Waals surface area contributed by atoms with Gasteiger partial charge in [-0.3, -0.25) is 9.59 Å². The average Bonchev–Trinajstić information content (AvgIpc) is 2.45. The SMILES string of the molecule is CN[C@@H](Cc1ccccc1)C(=O)C(CCCO)C(=O)O. The van der Waals surface area contributed by atoms with Crippen LogP contribution in [0.2, 0.25) is 0 Å². The van der Waals surface area contributed by atoms with Crippen LogP contribution in [0.25, 0.3) is 0 Å². The number of nitrogens with one attached hydrogen (secondary N) is 1. The Morgan fingerprint density at radius 2 is 1.90 bits per heavy atom. The first-order chi connectivity index (χ1) is 9.60. The summed E-state index contributed by atoms with van der Waals surface area (Å²) in [4.78, 5) is 23.5. The van der Waals surface area contributed by atoms with Crippen LogP contribution in [0.15, 0.2) is 30.3 Å². The van der Waals surface area contributed by atoms with Crippen molar-refractivity contribution in [2.24, 2.45) is 5.92 Å². The van der Waals surface area contributed by atoms with Crippen LogP contribution >= 0.6 is 0 Å². The van der Waals surface area contributed by atoms with Gasteiger partial charge < -0.3 is 15.5 Å². The number of hydrogen-bond donors (Lipinski definition) is 3. The second-order valence-corrected chi connectivity index (χ2v) is 4.69. The molecule has 0 amide bonds. The van der Waals surface area contributed by atoms with Gasteiger partial charge in [0.1, 0.15) is 5.92 Å². The van der Waals surface area contributed by atoms with Crippen molar-refractivity contribution in [3.05, 3.63) is 35.9 Å². The Kier molecular flexibility index (Phi) is 6.90. The third kappa shape index (κ3) is 4.75. The fourth-order valence-corrected chi connectivity index (χ4v) is 2.12. The summed E-state index contributed by atoms with van der Waals surface area (Å²) in [5, 5.41) is 20.8. The van der Waals surface area contributed by atoms with E-state index in [1.54, 1.807) is 7.05 Å². The van der Waals surface area contributed by atoms with Gasteiger partial charge in [-0.05, 0) is 31.9 Å². The zero-order valence-electron chi connectivity index (χ0n) is 11.6. The molecule has 2 atom stereocenters. The van der Waals surface area contributed by atoms with E-state index < -0.39 is 17.9 Å². The standard InChI is InChI=1S/C15H21NO4/c1-16-13(10-11-6-3-2-4-7-11)14(18)12(15(19)20)8-5-9-17/h2-4,6-7,12-13,16-17H,5,8-10H2,1H3,(H,19,20)/t12?,13-/m0/s1. The van der Waals surface area contributed by atoms with Gasteiger partial charge in [0, 0.05) is 6.61 Å². The maximum absolute atomic E-state index is 12.3. The van der Waals surface area contributed by atoms with Crippen LogP contribution < -0.4 is 5.32 Å². The van der Waals surface area contributed by atoms with E-state index >= 15 is 0 Å². The summed E-state index contributed by atoms with van der Waals surface area (Å²) in [6.07, 6.45) is 0.932. The lowest BCUT2D eigenvalue weighted by molar-refractivity contribution is -0.147. The smallest absolute Gasteiger partial charge is 0.314 e. The van der Waals surface area contributed by atoms with Crippen molar-refractivity contribution in [1.29, 1.82) is 0 Å². The molecule has 1 unspecified atom stereocenters. The Morgan fingerprint density at radius 1 is 1.25 bits per heavy atom. The molecule has 20 heavy (non-hydrogen) atoms. The Bertz CT molecular complexity index is 433. The molecule has 0 spiro atoms. The lowest BCUT2D eigenvalue weighted by atomic mass is 9.90. The number of aliphatic carboxylic acids is 1. The number of carbonyl (C=O) groups is 2. The molecule has 5 heteroatoms. The van der Waals surface area contributed by atoms with Crippen LogP contribution in [0.3, 0.4) is 0 Å². The van der Waals surface area contributed by atoms with E-state index in [-0.39, 0.29) is 18.8 Å². The zero-order chi connectivity index (χ0) is 15.0. The van der Waals surface area contributed by atoms with Crippen LogP contribution in [0.1, 0.15) is 18.4 Å². The first-order valence-corrected chi connectivity index (χ1v) is 6.68. The maximum Gasteiger partial charge on any atom is 0.314 e. The van der Waals surface area contributed by atoms with Gasteiger partial charge in [0.05, 0.1) is 6.04 Å². The monoisotopic (exact) mass is 279 g/mol. The predicted molar refractivity (Wildman–Crippen MR) is 75.4 cm³/mol. The molecule has 0 aromatic heterocycles. The molecular weight excluding hydrogens is 258 g/mol. The van der Waals surface area contributed by atoms with E-state index in [9.17, 15) is 9.59 Å². The highest BCUT2D eigenvalue weighted by molar-refractivity contribution is 6.01. The lowest BCUT2D eigenvalue weighted by Gasteiger charge is -2.19. The minimum atomic E-state index is -1.13. The highest BCUT2D eigenvalue weighted by Crippen LogP contribution is 2.13. The molecule has 110 valence electrons. The molecule has 0 fully saturated rings. The Labute approximate surface area is 118 Å². The van der Waals surface area contributed by atoms with Crippen molar-refractivity contribution in [2.45, 2.75) is 25.3 Å². The summed E-state index contributed by atoms with van der Waals surface area (Å²) in [7, 11) is 1.65. The highest BCUT2D eigenvalue weighted by Gasteiger charge is 2.31. The Hall–Kier alpha value is -1.72. The van der Waals surface area contributed by atoms with Crippen LogP contribution in [0, 0.1) is 5.92 Å². The van der Waals surface area contributed by atoms with Crippen molar-refractivity contribution >= 4 is 11.8 Å². The predicted octanol–water partition coefficient (Wildman–Crippen LogP) is 0.859. The van der Waals surface area contributed by atoms with E-state index in [0.717, 1.165) is 5.56 Å². The third-order valence-electron chi connectivity index (χ3n) is 3.27. The van der Waals surface area contributed by atoms with Gasteiger partial charge in [-0.1, -0.05) is 30.3 Å². The molecule has 0 heterocycles.